The van der Waals surface area contributed by atoms with Crippen molar-refractivity contribution in [1.29, 1.82) is 0 Å². The molecule has 4 aromatic rings. The number of aromatic nitrogens is 4. The highest BCUT2D eigenvalue weighted by Crippen LogP contribution is 2.17. The molecule has 0 spiro atoms. The summed E-state index contributed by atoms with van der Waals surface area (Å²) in [6, 6.07) is 11.0. The topological polar surface area (TPSA) is 99.0 Å². The van der Waals surface area contributed by atoms with E-state index < -0.39 is 0 Å². The fraction of sp³-hybridized carbons (Fsp3) is 0.111. The quantitative estimate of drug-likeness (QED) is 0.574. The predicted molar refractivity (Wildman–Crippen MR) is 92.5 cm³/mol. The number of hydrogen-bond acceptors (Lipinski definition) is 6. The maximum atomic E-state index is 12.1. The third kappa shape index (κ3) is 3.54. The molecule has 1 N–H and O–H groups in total. The summed E-state index contributed by atoms with van der Waals surface area (Å²) in [6.45, 7) is 0. The summed E-state index contributed by atoms with van der Waals surface area (Å²) in [7, 11) is 0. The number of hydrogen-bond donors (Lipinski definition) is 1. The van der Waals surface area contributed by atoms with Crippen molar-refractivity contribution in [2.24, 2.45) is 0 Å². The molecular weight excluding hydrogens is 334 g/mol. The van der Waals surface area contributed by atoms with Gasteiger partial charge in [0, 0.05) is 36.6 Å². The lowest BCUT2D eigenvalue weighted by molar-refractivity contribution is -0.116. The fourth-order valence-corrected chi connectivity index (χ4v) is 2.43. The molecule has 26 heavy (non-hydrogen) atoms. The van der Waals surface area contributed by atoms with Gasteiger partial charge < -0.3 is 18.8 Å². The van der Waals surface area contributed by atoms with Gasteiger partial charge in [-0.25, -0.2) is 4.98 Å². The molecule has 0 atom stereocenters. The molecule has 1 amide bonds. The number of rotatable bonds is 6. The van der Waals surface area contributed by atoms with Gasteiger partial charge in [0.1, 0.15) is 0 Å². The summed E-state index contributed by atoms with van der Waals surface area (Å²) in [5.74, 6) is 1.17. The number of furan rings is 1. The number of nitrogens with zero attached hydrogens (tertiary/aromatic N) is 4. The first kappa shape index (κ1) is 15.8. The lowest BCUT2D eigenvalue weighted by Gasteiger charge is -2.06. The summed E-state index contributed by atoms with van der Waals surface area (Å²) >= 11 is 0. The Bertz CT molecular complexity index is 972. The first-order valence-electron chi connectivity index (χ1n) is 8.03. The van der Waals surface area contributed by atoms with Crippen LogP contribution in [0, 0.1) is 0 Å². The minimum absolute atomic E-state index is 0.127. The third-order valence-electron chi connectivity index (χ3n) is 3.73. The number of nitrogens with one attached hydrogen (secondary N) is 1. The largest absolute Gasteiger partial charge is 0.461 e. The molecule has 0 aliphatic rings. The Morgan fingerprint density at radius 2 is 2.08 bits per heavy atom. The summed E-state index contributed by atoms with van der Waals surface area (Å²) in [4.78, 5) is 20.3. The van der Waals surface area contributed by atoms with E-state index in [1.165, 1.54) is 6.26 Å². The number of amides is 1. The Labute approximate surface area is 148 Å². The molecule has 8 nitrogen and oxygen atoms in total. The Kier molecular flexibility index (Phi) is 4.29. The van der Waals surface area contributed by atoms with Crippen LogP contribution in [0.1, 0.15) is 12.3 Å². The van der Waals surface area contributed by atoms with Gasteiger partial charge in [0.2, 0.25) is 17.6 Å². The van der Waals surface area contributed by atoms with Crippen molar-refractivity contribution in [1.82, 2.24) is 19.7 Å². The van der Waals surface area contributed by atoms with E-state index in [0.29, 0.717) is 23.9 Å². The lowest BCUT2D eigenvalue weighted by Crippen LogP contribution is -2.12. The maximum absolute atomic E-state index is 12.1. The molecule has 130 valence electrons. The number of aryl methyl sites for hydroxylation is 1. The summed E-state index contributed by atoms with van der Waals surface area (Å²) in [5.41, 5.74) is 1.69. The molecule has 0 saturated carbocycles. The first-order valence-corrected chi connectivity index (χ1v) is 8.03. The van der Waals surface area contributed by atoms with Gasteiger partial charge in [0.25, 0.3) is 0 Å². The van der Waals surface area contributed by atoms with Crippen molar-refractivity contribution < 1.29 is 13.7 Å². The second-order valence-electron chi connectivity index (χ2n) is 5.55. The standard InChI is InChI=1S/C18H15N5O3/c24-16(7-8-17-21-18(22-26-17)15-2-1-11-25-15)20-13-3-5-14(6-4-13)23-10-9-19-12-23/h1-6,9-12H,7-8H2,(H,20,24). The van der Waals surface area contributed by atoms with Crippen molar-refractivity contribution in [3.63, 3.8) is 0 Å². The van der Waals surface area contributed by atoms with Gasteiger partial charge in [-0.2, -0.15) is 4.98 Å². The Morgan fingerprint density at radius 1 is 1.19 bits per heavy atom. The van der Waals surface area contributed by atoms with Crippen LogP contribution in [0.3, 0.4) is 0 Å². The number of anilines is 1. The van der Waals surface area contributed by atoms with E-state index in [2.05, 4.69) is 20.4 Å². The number of carbonyl (C=O) groups excluding carboxylic acids is 1. The molecule has 3 heterocycles. The van der Waals surface area contributed by atoms with Crippen molar-refractivity contribution >= 4 is 11.6 Å². The minimum Gasteiger partial charge on any atom is -0.461 e. The van der Waals surface area contributed by atoms with Crippen LogP contribution in [-0.2, 0) is 11.2 Å². The van der Waals surface area contributed by atoms with Gasteiger partial charge in [-0.15, -0.1) is 0 Å². The molecule has 0 radical (unpaired) electrons. The summed E-state index contributed by atoms with van der Waals surface area (Å²) in [6.07, 6.45) is 7.42. The average molecular weight is 349 g/mol. The molecule has 1 aromatic carbocycles. The van der Waals surface area contributed by atoms with Crippen LogP contribution in [0.25, 0.3) is 17.3 Å². The highest BCUT2D eigenvalue weighted by molar-refractivity contribution is 5.90. The zero-order chi connectivity index (χ0) is 17.8. The fourth-order valence-electron chi connectivity index (χ4n) is 2.43. The van der Waals surface area contributed by atoms with E-state index in [-0.39, 0.29) is 12.3 Å². The third-order valence-corrected chi connectivity index (χ3v) is 3.73. The van der Waals surface area contributed by atoms with Gasteiger partial charge in [0.15, 0.2) is 5.76 Å². The molecule has 3 aromatic heterocycles. The Hall–Kier alpha value is -3.68. The van der Waals surface area contributed by atoms with Crippen LogP contribution >= 0.6 is 0 Å². The van der Waals surface area contributed by atoms with Crippen molar-refractivity contribution in [2.45, 2.75) is 12.8 Å². The van der Waals surface area contributed by atoms with Gasteiger partial charge >= 0.3 is 0 Å². The number of benzene rings is 1. The van der Waals surface area contributed by atoms with E-state index in [4.69, 9.17) is 8.94 Å². The van der Waals surface area contributed by atoms with Gasteiger partial charge in [0.05, 0.1) is 12.6 Å². The SMILES string of the molecule is O=C(CCc1nc(-c2ccco2)no1)Nc1ccc(-n2ccnc2)cc1. The Balaban J connectivity index is 1.31. The summed E-state index contributed by atoms with van der Waals surface area (Å²) < 4.78 is 12.2. The zero-order valence-corrected chi connectivity index (χ0v) is 13.7. The predicted octanol–water partition coefficient (Wildman–Crippen LogP) is 3.09. The normalized spacial score (nSPS) is 10.8. The van der Waals surface area contributed by atoms with Crippen LogP contribution in [0.4, 0.5) is 5.69 Å². The molecule has 0 aliphatic heterocycles. The summed E-state index contributed by atoms with van der Waals surface area (Å²) in [5, 5.41) is 6.68. The van der Waals surface area contributed by atoms with Crippen LogP contribution in [0.2, 0.25) is 0 Å². The van der Waals surface area contributed by atoms with Crippen LogP contribution in [-0.4, -0.2) is 25.6 Å². The monoisotopic (exact) mass is 349 g/mol. The molecule has 0 unspecified atom stereocenters. The lowest BCUT2D eigenvalue weighted by atomic mass is 10.2. The van der Waals surface area contributed by atoms with Crippen molar-refractivity contribution in [3.05, 3.63) is 67.3 Å². The van der Waals surface area contributed by atoms with Crippen LogP contribution in [0.15, 0.2) is 70.3 Å². The van der Waals surface area contributed by atoms with Crippen LogP contribution < -0.4 is 5.32 Å². The molecule has 0 bridgehead atoms. The molecule has 0 saturated heterocycles. The highest BCUT2D eigenvalue weighted by Gasteiger charge is 2.12. The van der Waals surface area contributed by atoms with Gasteiger partial charge in [-0.05, 0) is 36.4 Å². The molecule has 8 heteroatoms. The Morgan fingerprint density at radius 3 is 2.81 bits per heavy atom. The second kappa shape index (κ2) is 7.06. The maximum Gasteiger partial charge on any atom is 0.238 e. The number of imidazole rings is 1. The molecule has 0 aliphatic carbocycles. The van der Waals surface area contributed by atoms with Crippen LogP contribution in [0.5, 0.6) is 0 Å². The molecule has 4 rings (SSSR count). The highest BCUT2D eigenvalue weighted by atomic mass is 16.5. The number of carbonyl (C=O) groups is 1. The van der Waals surface area contributed by atoms with E-state index >= 15 is 0 Å². The van der Waals surface area contributed by atoms with E-state index in [1.807, 2.05) is 35.0 Å². The van der Waals surface area contributed by atoms with E-state index in [0.717, 1.165) is 11.4 Å². The van der Waals surface area contributed by atoms with E-state index in [9.17, 15) is 4.79 Å². The zero-order valence-electron chi connectivity index (χ0n) is 13.7. The second-order valence-corrected chi connectivity index (χ2v) is 5.55. The molecule has 0 fully saturated rings. The average Bonchev–Trinajstić information content (AvgIpc) is 3.42. The molecular formula is C18H15N5O3. The first-order chi connectivity index (χ1) is 12.8. The van der Waals surface area contributed by atoms with Crippen molar-refractivity contribution in [3.8, 4) is 17.3 Å². The van der Waals surface area contributed by atoms with E-state index in [1.54, 1.807) is 24.7 Å². The van der Waals surface area contributed by atoms with Gasteiger partial charge in [-0.1, -0.05) is 5.16 Å². The van der Waals surface area contributed by atoms with Crippen molar-refractivity contribution in [2.75, 3.05) is 5.32 Å². The minimum atomic E-state index is -0.127. The van der Waals surface area contributed by atoms with Gasteiger partial charge in [-0.3, -0.25) is 4.79 Å². The smallest absolute Gasteiger partial charge is 0.238 e.